The molecule has 142 valence electrons. The summed E-state index contributed by atoms with van der Waals surface area (Å²) in [5.41, 5.74) is 4.54. The highest BCUT2D eigenvalue weighted by atomic mass is 35.5. The fourth-order valence-electron chi connectivity index (χ4n) is 2.67. The standard InChI is InChI=1S/C22H19ClN2O3/c23-19-4-1-5-20(14-19)28-21-10-8-16(6-7-17-3-2-12-24-15-17)13-18(21)9-11-22(26)25-27/h1-5,8-15,27H,6-7H2,(H,25,26)/b11-9+. The van der Waals surface area contributed by atoms with Gasteiger partial charge in [-0.25, -0.2) is 5.48 Å². The highest BCUT2D eigenvalue weighted by Crippen LogP contribution is 2.29. The normalized spacial score (nSPS) is 10.8. The molecule has 2 aromatic carbocycles. The van der Waals surface area contributed by atoms with Crippen LogP contribution in [0.4, 0.5) is 0 Å². The van der Waals surface area contributed by atoms with Gasteiger partial charge < -0.3 is 4.74 Å². The van der Waals surface area contributed by atoms with Crippen molar-refractivity contribution in [1.82, 2.24) is 10.5 Å². The van der Waals surface area contributed by atoms with Crippen molar-refractivity contribution in [3.63, 3.8) is 0 Å². The number of benzene rings is 2. The zero-order valence-electron chi connectivity index (χ0n) is 15.0. The van der Waals surface area contributed by atoms with Crippen LogP contribution in [0.1, 0.15) is 16.7 Å². The highest BCUT2D eigenvalue weighted by molar-refractivity contribution is 6.30. The highest BCUT2D eigenvalue weighted by Gasteiger charge is 2.07. The van der Waals surface area contributed by atoms with Gasteiger partial charge in [-0.1, -0.05) is 29.8 Å². The van der Waals surface area contributed by atoms with Crippen molar-refractivity contribution in [2.45, 2.75) is 12.8 Å². The number of carbonyl (C=O) groups excluding carboxylic acids is 1. The number of aryl methyl sites for hydroxylation is 2. The molecule has 0 aliphatic carbocycles. The van der Waals surface area contributed by atoms with Crippen molar-refractivity contribution < 1.29 is 14.7 Å². The lowest BCUT2D eigenvalue weighted by molar-refractivity contribution is -0.124. The average Bonchev–Trinajstić information content (AvgIpc) is 2.72. The molecule has 0 unspecified atom stereocenters. The lowest BCUT2D eigenvalue weighted by atomic mass is 10.0. The Morgan fingerprint density at radius 1 is 1.11 bits per heavy atom. The Bertz CT molecular complexity index is 975. The molecule has 0 spiro atoms. The molecule has 0 aliphatic rings. The first kappa shape index (κ1) is 19.6. The van der Waals surface area contributed by atoms with E-state index < -0.39 is 5.91 Å². The molecule has 0 radical (unpaired) electrons. The Morgan fingerprint density at radius 3 is 2.71 bits per heavy atom. The summed E-state index contributed by atoms with van der Waals surface area (Å²) >= 11 is 6.02. The number of hydrogen-bond donors (Lipinski definition) is 2. The summed E-state index contributed by atoms with van der Waals surface area (Å²) in [5.74, 6) is 0.556. The zero-order chi connectivity index (χ0) is 19.8. The molecule has 0 fully saturated rings. The van der Waals surface area contributed by atoms with Crippen molar-refractivity contribution in [2.24, 2.45) is 0 Å². The van der Waals surface area contributed by atoms with Gasteiger partial charge >= 0.3 is 0 Å². The molecule has 2 N–H and O–H groups in total. The van der Waals surface area contributed by atoms with E-state index in [2.05, 4.69) is 4.98 Å². The van der Waals surface area contributed by atoms with Gasteiger partial charge in [-0.05, 0) is 66.4 Å². The van der Waals surface area contributed by atoms with Gasteiger partial charge in [-0.2, -0.15) is 0 Å². The van der Waals surface area contributed by atoms with Gasteiger partial charge in [0, 0.05) is 29.1 Å². The maximum atomic E-state index is 11.4. The Labute approximate surface area is 168 Å². The number of carbonyl (C=O) groups is 1. The fourth-order valence-corrected chi connectivity index (χ4v) is 2.85. The third-order valence-corrected chi connectivity index (χ3v) is 4.28. The van der Waals surface area contributed by atoms with E-state index in [-0.39, 0.29) is 0 Å². The quantitative estimate of drug-likeness (QED) is 0.342. The van der Waals surface area contributed by atoms with E-state index >= 15 is 0 Å². The van der Waals surface area contributed by atoms with Gasteiger partial charge in [0.25, 0.3) is 5.91 Å². The van der Waals surface area contributed by atoms with E-state index in [0.29, 0.717) is 22.1 Å². The zero-order valence-corrected chi connectivity index (χ0v) is 15.8. The monoisotopic (exact) mass is 394 g/mol. The lowest BCUT2D eigenvalue weighted by Crippen LogP contribution is -2.14. The number of halogens is 1. The molecule has 6 heteroatoms. The predicted molar refractivity (Wildman–Crippen MR) is 109 cm³/mol. The summed E-state index contributed by atoms with van der Waals surface area (Å²) in [5, 5.41) is 9.28. The van der Waals surface area contributed by atoms with E-state index in [1.165, 1.54) is 6.08 Å². The molecule has 3 aromatic rings. The Hall–Kier alpha value is -3.15. The van der Waals surface area contributed by atoms with Crippen LogP contribution in [0.3, 0.4) is 0 Å². The summed E-state index contributed by atoms with van der Waals surface area (Å²) in [7, 11) is 0. The number of ether oxygens (including phenoxy) is 1. The van der Waals surface area contributed by atoms with Crippen LogP contribution >= 0.6 is 11.6 Å². The predicted octanol–water partition coefficient (Wildman–Crippen LogP) is 4.83. The number of amides is 1. The van der Waals surface area contributed by atoms with Gasteiger partial charge in [-0.15, -0.1) is 0 Å². The molecule has 28 heavy (non-hydrogen) atoms. The second-order valence-electron chi connectivity index (χ2n) is 6.10. The molecule has 3 rings (SSSR count). The number of nitrogens with one attached hydrogen (secondary N) is 1. The minimum Gasteiger partial charge on any atom is -0.457 e. The van der Waals surface area contributed by atoms with E-state index in [4.69, 9.17) is 21.5 Å². The van der Waals surface area contributed by atoms with Crippen molar-refractivity contribution in [3.05, 3.63) is 94.8 Å². The van der Waals surface area contributed by atoms with Gasteiger partial charge in [0.1, 0.15) is 11.5 Å². The van der Waals surface area contributed by atoms with E-state index in [0.717, 1.165) is 24.0 Å². The maximum absolute atomic E-state index is 11.4. The van der Waals surface area contributed by atoms with Gasteiger partial charge in [0.05, 0.1) is 0 Å². The van der Waals surface area contributed by atoms with Crippen LogP contribution in [0.25, 0.3) is 6.08 Å². The van der Waals surface area contributed by atoms with Crippen molar-refractivity contribution >= 4 is 23.6 Å². The number of hydroxylamine groups is 1. The third kappa shape index (κ3) is 5.67. The molecular weight excluding hydrogens is 376 g/mol. The Balaban J connectivity index is 1.83. The van der Waals surface area contributed by atoms with Crippen LogP contribution in [-0.2, 0) is 17.6 Å². The van der Waals surface area contributed by atoms with Crippen LogP contribution < -0.4 is 10.2 Å². The van der Waals surface area contributed by atoms with Crippen molar-refractivity contribution in [2.75, 3.05) is 0 Å². The maximum Gasteiger partial charge on any atom is 0.267 e. The summed E-state index contributed by atoms with van der Waals surface area (Å²) in [4.78, 5) is 15.5. The van der Waals surface area contributed by atoms with Crippen LogP contribution in [-0.4, -0.2) is 16.1 Å². The largest absolute Gasteiger partial charge is 0.457 e. The first-order valence-corrected chi connectivity index (χ1v) is 9.09. The van der Waals surface area contributed by atoms with Gasteiger partial charge in [0.15, 0.2) is 0 Å². The first-order chi connectivity index (χ1) is 13.6. The Morgan fingerprint density at radius 2 is 1.96 bits per heavy atom. The van der Waals surface area contributed by atoms with Crippen LogP contribution in [0, 0.1) is 0 Å². The molecular formula is C22H19ClN2O3. The molecule has 0 atom stereocenters. The molecule has 0 saturated carbocycles. The number of pyridine rings is 1. The molecule has 1 aromatic heterocycles. The molecule has 5 nitrogen and oxygen atoms in total. The van der Waals surface area contributed by atoms with Crippen LogP contribution in [0.15, 0.2) is 73.1 Å². The first-order valence-electron chi connectivity index (χ1n) is 8.71. The molecule has 0 bridgehead atoms. The molecule has 0 aliphatic heterocycles. The molecule has 1 heterocycles. The van der Waals surface area contributed by atoms with E-state index in [1.54, 1.807) is 42.0 Å². The van der Waals surface area contributed by atoms with Gasteiger partial charge in [0.2, 0.25) is 0 Å². The van der Waals surface area contributed by atoms with Crippen LogP contribution in [0.2, 0.25) is 5.02 Å². The Kier molecular flexibility index (Phi) is 6.78. The van der Waals surface area contributed by atoms with Crippen molar-refractivity contribution in [3.8, 4) is 11.5 Å². The summed E-state index contributed by atoms with van der Waals surface area (Å²) in [6.45, 7) is 0. The summed E-state index contributed by atoms with van der Waals surface area (Å²) in [6, 6.07) is 16.8. The van der Waals surface area contributed by atoms with Crippen molar-refractivity contribution in [1.29, 1.82) is 0 Å². The SMILES string of the molecule is O=C(/C=C/c1cc(CCc2cccnc2)ccc1Oc1cccc(Cl)c1)NO. The average molecular weight is 395 g/mol. The third-order valence-electron chi connectivity index (χ3n) is 4.05. The second-order valence-corrected chi connectivity index (χ2v) is 6.54. The smallest absolute Gasteiger partial charge is 0.267 e. The fraction of sp³-hybridized carbons (Fsp3) is 0.0909. The molecule has 1 amide bonds. The van der Waals surface area contributed by atoms with Crippen LogP contribution in [0.5, 0.6) is 11.5 Å². The minimum atomic E-state index is -0.616. The van der Waals surface area contributed by atoms with E-state index in [1.807, 2.05) is 36.5 Å². The van der Waals surface area contributed by atoms with Gasteiger partial charge in [-0.3, -0.25) is 15.0 Å². The lowest BCUT2D eigenvalue weighted by Gasteiger charge is -2.11. The number of rotatable bonds is 7. The summed E-state index contributed by atoms with van der Waals surface area (Å²) < 4.78 is 5.93. The second kappa shape index (κ2) is 9.69. The minimum absolute atomic E-state index is 0.572. The van der Waals surface area contributed by atoms with E-state index in [9.17, 15) is 4.79 Å². The number of hydrogen-bond acceptors (Lipinski definition) is 4. The summed E-state index contributed by atoms with van der Waals surface area (Å²) in [6.07, 6.45) is 8.10. The topological polar surface area (TPSA) is 71.5 Å². The number of nitrogens with zero attached hydrogens (tertiary/aromatic N) is 1. The number of aromatic nitrogens is 1. The molecule has 0 saturated heterocycles.